The van der Waals surface area contributed by atoms with E-state index in [-0.39, 0.29) is 12.3 Å². The maximum atomic E-state index is 11.5. The fraction of sp³-hybridized carbons (Fsp3) is 0.500. The summed E-state index contributed by atoms with van der Waals surface area (Å²) in [5, 5.41) is 0. The summed E-state index contributed by atoms with van der Waals surface area (Å²) < 4.78 is 0. The van der Waals surface area contributed by atoms with E-state index in [9.17, 15) is 4.79 Å². The fourth-order valence-corrected chi connectivity index (χ4v) is 3.00. The van der Waals surface area contributed by atoms with Gasteiger partial charge in [-0.2, -0.15) is 0 Å². The van der Waals surface area contributed by atoms with Crippen LogP contribution >= 0.6 is 11.3 Å². The molecular formula is C10H14N2OS. The molecule has 0 spiro atoms. The van der Waals surface area contributed by atoms with Gasteiger partial charge in [0.25, 0.3) is 0 Å². The molecule has 1 aromatic heterocycles. The summed E-state index contributed by atoms with van der Waals surface area (Å²) in [5.74, 6) is 5.23. The first-order chi connectivity index (χ1) is 6.81. The van der Waals surface area contributed by atoms with Gasteiger partial charge in [0.2, 0.25) is 0 Å². The van der Waals surface area contributed by atoms with E-state index in [1.54, 1.807) is 11.3 Å². The van der Waals surface area contributed by atoms with Crippen LogP contribution in [-0.4, -0.2) is 12.3 Å². The van der Waals surface area contributed by atoms with Gasteiger partial charge in [0.1, 0.15) is 0 Å². The first-order valence-electron chi connectivity index (χ1n) is 4.89. The molecule has 1 aromatic rings. The summed E-state index contributed by atoms with van der Waals surface area (Å²) in [6.07, 6.45) is 4.79. The summed E-state index contributed by atoms with van der Waals surface area (Å²) in [5.41, 5.74) is 3.78. The Balaban J connectivity index is 2.19. The van der Waals surface area contributed by atoms with Crippen LogP contribution in [0.25, 0.3) is 0 Å². The SMILES string of the molecule is NNCC(=O)c1cc2c(s1)CCCC2. The zero-order valence-electron chi connectivity index (χ0n) is 8.01. The molecular weight excluding hydrogens is 196 g/mol. The second-order valence-corrected chi connectivity index (χ2v) is 4.71. The van der Waals surface area contributed by atoms with Crippen LogP contribution in [0.2, 0.25) is 0 Å². The van der Waals surface area contributed by atoms with E-state index in [0.717, 1.165) is 17.7 Å². The van der Waals surface area contributed by atoms with Gasteiger partial charge in [0, 0.05) is 4.88 Å². The van der Waals surface area contributed by atoms with Gasteiger partial charge >= 0.3 is 0 Å². The normalized spacial score (nSPS) is 15.2. The Morgan fingerprint density at radius 1 is 1.50 bits per heavy atom. The Morgan fingerprint density at radius 3 is 3.00 bits per heavy atom. The van der Waals surface area contributed by atoms with Gasteiger partial charge in [-0.1, -0.05) is 0 Å². The highest BCUT2D eigenvalue weighted by Crippen LogP contribution is 2.29. The van der Waals surface area contributed by atoms with Crippen molar-refractivity contribution in [2.45, 2.75) is 25.7 Å². The highest BCUT2D eigenvalue weighted by atomic mass is 32.1. The monoisotopic (exact) mass is 210 g/mol. The van der Waals surface area contributed by atoms with Crippen molar-refractivity contribution >= 4 is 17.1 Å². The molecule has 0 radical (unpaired) electrons. The summed E-state index contributed by atoms with van der Waals surface area (Å²) in [7, 11) is 0. The van der Waals surface area contributed by atoms with Crippen LogP contribution in [0.15, 0.2) is 6.07 Å². The molecule has 0 aromatic carbocycles. The second-order valence-electron chi connectivity index (χ2n) is 3.57. The van der Waals surface area contributed by atoms with Crippen molar-refractivity contribution in [1.82, 2.24) is 5.43 Å². The van der Waals surface area contributed by atoms with E-state index in [4.69, 9.17) is 5.84 Å². The minimum absolute atomic E-state index is 0.104. The molecule has 0 aliphatic heterocycles. The number of nitrogens with two attached hydrogens (primary N) is 1. The number of ketones is 1. The van der Waals surface area contributed by atoms with Crippen molar-refractivity contribution < 1.29 is 4.79 Å². The molecule has 0 saturated heterocycles. The number of Topliss-reactive ketones (excluding diaryl/α,β-unsaturated/α-hetero) is 1. The van der Waals surface area contributed by atoms with Gasteiger partial charge in [-0.05, 0) is 37.3 Å². The minimum atomic E-state index is 0.104. The number of hydrazine groups is 1. The van der Waals surface area contributed by atoms with Gasteiger partial charge in [-0.15, -0.1) is 11.3 Å². The zero-order valence-corrected chi connectivity index (χ0v) is 8.82. The standard InChI is InChI=1S/C10H14N2OS/c11-12-6-8(13)10-5-7-3-1-2-4-9(7)14-10/h5,12H,1-4,6,11H2. The van der Waals surface area contributed by atoms with E-state index in [1.807, 2.05) is 6.07 Å². The molecule has 0 saturated carbocycles. The van der Waals surface area contributed by atoms with Crippen LogP contribution in [0.3, 0.4) is 0 Å². The van der Waals surface area contributed by atoms with Crippen LogP contribution < -0.4 is 11.3 Å². The Bertz CT molecular complexity index is 322. The minimum Gasteiger partial charge on any atom is -0.292 e. The highest BCUT2D eigenvalue weighted by Gasteiger charge is 2.16. The molecule has 14 heavy (non-hydrogen) atoms. The molecule has 4 heteroatoms. The average Bonchev–Trinajstić information content (AvgIpc) is 2.61. The molecule has 3 nitrogen and oxygen atoms in total. The number of carbonyl (C=O) groups excluding carboxylic acids is 1. The van der Waals surface area contributed by atoms with Crippen LogP contribution in [0.4, 0.5) is 0 Å². The molecule has 0 bridgehead atoms. The smallest absolute Gasteiger partial charge is 0.187 e. The largest absolute Gasteiger partial charge is 0.292 e. The topological polar surface area (TPSA) is 55.1 Å². The third kappa shape index (κ3) is 1.87. The van der Waals surface area contributed by atoms with E-state index >= 15 is 0 Å². The van der Waals surface area contributed by atoms with Crippen molar-refractivity contribution in [2.75, 3.05) is 6.54 Å². The number of hydrogen-bond acceptors (Lipinski definition) is 4. The number of nitrogens with one attached hydrogen (secondary N) is 1. The summed E-state index contributed by atoms with van der Waals surface area (Å²) >= 11 is 1.64. The van der Waals surface area contributed by atoms with Gasteiger partial charge < -0.3 is 0 Å². The molecule has 1 aliphatic rings. The maximum Gasteiger partial charge on any atom is 0.187 e. The second kappa shape index (κ2) is 4.21. The molecule has 76 valence electrons. The summed E-state index contributed by atoms with van der Waals surface area (Å²) in [4.78, 5) is 13.8. The zero-order chi connectivity index (χ0) is 9.97. The van der Waals surface area contributed by atoms with Crippen LogP contribution in [0.5, 0.6) is 0 Å². The lowest BCUT2D eigenvalue weighted by atomic mass is 9.99. The van der Waals surface area contributed by atoms with E-state index in [0.29, 0.717) is 0 Å². The average molecular weight is 210 g/mol. The van der Waals surface area contributed by atoms with Gasteiger partial charge in [-0.25, -0.2) is 0 Å². The van der Waals surface area contributed by atoms with Crippen molar-refractivity contribution in [2.24, 2.45) is 5.84 Å². The van der Waals surface area contributed by atoms with Crippen LogP contribution in [-0.2, 0) is 12.8 Å². The quantitative estimate of drug-likeness (QED) is 0.449. The number of rotatable bonds is 3. The maximum absolute atomic E-state index is 11.5. The summed E-state index contributed by atoms with van der Waals surface area (Å²) in [6.45, 7) is 0.236. The van der Waals surface area contributed by atoms with Crippen molar-refractivity contribution in [1.29, 1.82) is 0 Å². The number of fused-ring (bicyclic) bond motifs is 1. The predicted molar refractivity (Wildman–Crippen MR) is 57.5 cm³/mol. The van der Waals surface area contributed by atoms with Gasteiger partial charge in [0.15, 0.2) is 5.78 Å². The number of aryl methyl sites for hydroxylation is 2. The number of thiophene rings is 1. The third-order valence-electron chi connectivity index (χ3n) is 2.53. The van der Waals surface area contributed by atoms with E-state index < -0.39 is 0 Å². The van der Waals surface area contributed by atoms with Crippen LogP contribution in [0.1, 0.15) is 33.0 Å². The predicted octanol–water partition coefficient (Wildman–Crippen LogP) is 1.27. The van der Waals surface area contributed by atoms with Gasteiger partial charge in [0.05, 0.1) is 11.4 Å². The van der Waals surface area contributed by atoms with Crippen LogP contribution in [0, 0.1) is 0 Å². The number of hydrogen-bond donors (Lipinski definition) is 2. The first-order valence-corrected chi connectivity index (χ1v) is 5.71. The third-order valence-corrected chi connectivity index (χ3v) is 3.81. The lowest BCUT2D eigenvalue weighted by Gasteiger charge is -2.08. The molecule has 2 rings (SSSR count). The number of carbonyl (C=O) groups is 1. The van der Waals surface area contributed by atoms with Crippen molar-refractivity contribution in [3.63, 3.8) is 0 Å². The fourth-order valence-electron chi connectivity index (χ4n) is 1.81. The van der Waals surface area contributed by atoms with Crippen molar-refractivity contribution in [3.8, 4) is 0 Å². The van der Waals surface area contributed by atoms with E-state index in [2.05, 4.69) is 5.43 Å². The Morgan fingerprint density at radius 2 is 2.29 bits per heavy atom. The molecule has 0 unspecified atom stereocenters. The Labute approximate surface area is 87.3 Å². The molecule has 1 aliphatic carbocycles. The Hall–Kier alpha value is -0.710. The molecule has 0 amide bonds. The molecule has 0 atom stereocenters. The Kier molecular flexibility index (Phi) is 2.96. The molecule has 0 fully saturated rings. The van der Waals surface area contributed by atoms with Crippen molar-refractivity contribution in [3.05, 3.63) is 21.4 Å². The molecule has 1 heterocycles. The van der Waals surface area contributed by atoms with E-state index in [1.165, 1.54) is 23.3 Å². The lowest BCUT2D eigenvalue weighted by molar-refractivity contribution is 0.0995. The summed E-state index contributed by atoms with van der Waals surface area (Å²) in [6, 6.07) is 2.04. The van der Waals surface area contributed by atoms with Gasteiger partial charge in [-0.3, -0.25) is 16.1 Å². The lowest BCUT2D eigenvalue weighted by Crippen LogP contribution is -2.28. The highest BCUT2D eigenvalue weighted by molar-refractivity contribution is 7.14. The molecule has 3 N–H and O–H groups in total. The first kappa shape index (κ1) is 9.83.